The lowest BCUT2D eigenvalue weighted by Crippen LogP contribution is -2.34. The molecular weight excluding hydrogens is 210 g/mol. The topological polar surface area (TPSA) is 46.2 Å². The van der Waals surface area contributed by atoms with E-state index >= 15 is 0 Å². The fourth-order valence-corrected chi connectivity index (χ4v) is 2.26. The summed E-state index contributed by atoms with van der Waals surface area (Å²) >= 11 is 1.55. The number of thioether (sulfide) groups is 1. The van der Waals surface area contributed by atoms with Gasteiger partial charge in [-0.3, -0.25) is 9.59 Å². The van der Waals surface area contributed by atoms with E-state index in [0.717, 1.165) is 0 Å². The Morgan fingerprint density at radius 2 is 1.73 bits per heavy atom. The van der Waals surface area contributed by atoms with Crippen LogP contribution in [-0.2, 0) is 9.59 Å². The number of Topliss-reactive ketones (excluding diaryl/α,β-unsaturated/α-hetero) is 1. The van der Waals surface area contributed by atoms with Crippen LogP contribution in [0.5, 0.6) is 0 Å². The zero-order valence-corrected chi connectivity index (χ0v) is 11.0. The summed E-state index contributed by atoms with van der Waals surface area (Å²) in [5.41, 5.74) is 0. The van der Waals surface area contributed by atoms with Crippen LogP contribution in [-0.4, -0.2) is 28.2 Å². The number of rotatable bonds is 6. The molecule has 15 heavy (non-hydrogen) atoms. The molecule has 0 heterocycles. The lowest BCUT2D eigenvalue weighted by atomic mass is 10.2. The van der Waals surface area contributed by atoms with Crippen molar-refractivity contribution in [2.24, 2.45) is 0 Å². The minimum Gasteiger partial charge on any atom is -0.354 e. The molecule has 0 bridgehead atoms. The van der Waals surface area contributed by atoms with E-state index < -0.39 is 0 Å². The van der Waals surface area contributed by atoms with E-state index in [1.807, 2.05) is 27.7 Å². The predicted octanol–water partition coefficient (Wildman–Crippen LogP) is 2.00. The molecule has 88 valence electrons. The van der Waals surface area contributed by atoms with Gasteiger partial charge in [0.2, 0.25) is 5.91 Å². The Bertz CT molecular complexity index is 227. The van der Waals surface area contributed by atoms with E-state index in [-0.39, 0.29) is 29.4 Å². The molecular formula is C11H21NO2S. The highest BCUT2D eigenvalue weighted by molar-refractivity contribution is 8.01. The molecule has 1 unspecified atom stereocenters. The average molecular weight is 231 g/mol. The van der Waals surface area contributed by atoms with Gasteiger partial charge in [-0.2, -0.15) is 0 Å². The first-order valence-electron chi connectivity index (χ1n) is 5.28. The minimum atomic E-state index is -0.205. The largest absolute Gasteiger partial charge is 0.354 e. The number of amides is 1. The van der Waals surface area contributed by atoms with Crippen LogP contribution in [0.4, 0.5) is 0 Å². The summed E-state index contributed by atoms with van der Waals surface area (Å²) in [4.78, 5) is 22.8. The van der Waals surface area contributed by atoms with Crippen molar-refractivity contribution in [1.29, 1.82) is 0 Å². The molecule has 0 aromatic carbocycles. The van der Waals surface area contributed by atoms with Gasteiger partial charge in [-0.1, -0.05) is 13.8 Å². The summed E-state index contributed by atoms with van der Waals surface area (Å²) in [5, 5.41) is 2.96. The molecule has 0 aliphatic carbocycles. The molecule has 0 fully saturated rings. The van der Waals surface area contributed by atoms with Crippen molar-refractivity contribution < 1.29 is 9.59 Å². The molecule has 0 spiro atoms. The zero-order chi connectivity index (χ0) is 12.0. The molecule has 1 N–H and O–H groups in total. The monoisotopic (exact) mass is 231 g/mol. The standard InChI is InChI=1S/C11H21NO2S/c1-7(2)12-11(14)6-10(9(5)13)15-8(3)4/h7-8,10H,6H2,1-5H3,(H,12,14). The molecule has 0 aliphatic rings. The SMILES string of the molecule is CC(=O)C(CC(=O)NC(C)C)SC(C)C. The van der Waals surface area contributed by atoms with Crippen molar-refractivity contribution in [2.75, 3.05) is 0 Å². The van der Waals surface area contributed by atoms with Crippen molar-refractivity contribution in [2.45, 2.75) is 57.6 Å². The minimum absolute atomic E-state index is 0.0432. The quantitative estimate of drug-likeness (QED) is 0.760. The van der Waals surface area contributed by atoms with Gasteiger partial charge >= 0.3 is 0 Å². The first kappa shape index (κ1) is 14.5. The Morgan fingerprint density at radius 3 is 2.07 bits per heavy atom. The molecule has 0 saturated heterocycles. The summed E-state index contributed by atoms with van der Waals surface area (Å²) < 4.78 is 0. The van der Waals surface area contributed by atoms with Gasteiger partial charge in [-0.15, -0.1) is 11.8 Å². The number of nitrogens with one attached hydrogen (secondary N) is 1. The highest BCUT2D eigenvalue weighted by Crippen LogP contribution is 2.20. The van der Waals surface area contributed by atoms with E-state index in [0.29, 0.717) is 5.25 Å². The van der Waals surface area contributed by atoms with E-state index in [1.54, 1.807) is 18.7 Å². The summed E-state index contributed by atoms with van der Waals surface area (Å²) in [5.74, 6) is 0.0333. The fraction of sp³-hybridized carbons (Fsp3) is 0.818. The van der Waals surface area contributed by atoms with Gasteiger partial charge in [0.25, 0.3) is 0 Å². The van der Waals surface area contributed by atoms with Crippen LogP contribution in [0.25, 0.3) is 0 Å². The summed E-state index contributed by atoms with van der Waals surface area (Å²) in [7, 11) is 0. The van der Waals surface area contributed by atoms with Crippen molar-refractivity contribution in [3.8, 4) is 0 Å². The molecule has 4 heteroatoms. The number of hydrogen-bond acceptors (Lipinski definition) is 3. The molecule has 0 saturated carbocycles. The number of ketones is 1. The van der Waals surface area contributed by atoms with Crippen LogP contribution >= 0.6 is 11.8 Å². The third-order valence-electron chi connectivity index (χ3n) is 1.71. The van der Waals surface area contributed by atoms with E-state index in [4.69, 9.17) is 0 Å². The number of hydrogen-bond donors (Lipinski definition) is 1. The van der Waals surface area contributed by atoms with E-state index in [9.17, 15) is 9.59 Å². The van der Waals surface area contributed by atoms with Crippen LogP contribution in [0, 0.1) is 0 Å². The van der Waals surface area contributed by atoms with Gasteiger partial charge in [-0.05, 0) is 26.0 Å². The smallest absolute Gasteiger partial charge is 0.221 e. The first-order valence-corrected chi connectivity index (χ1v) is 6.22. The normalized spacial score (nSPS) is 13.0. The molecule has 1 amide bonds. The summed E-state index contributed by atoms with van der Waals surface area (Å²) in [6.45, 7) is 9.43. The van der Waals surface area contributed by atoms with E-state index in [1.165, 1.54) is 0 Å². The fourth-order valence-electron chi connectivity index (χ4n) is 1.17. The van der Waals surface area contributed by atoms with Gasteiger partial charge < -0.3 is 5.32 Å². The second-order valence-electron chi connectivity index (χ2n) is 4.21. The maximum Gasteiger partial charge on any atom is 0.221 e. The Labute approximate surface area is 96.4 Å². The van der Waals surface area contributed by atoms with Crippen molar-refractivity contribution >= 4 is 23.5 Å². The Balaban J connectivity index is 4.16. The highest BCUT2D eigenvalue weighted by Gasteiger charge is 2.20. The summed E-state index contributed by atoms with van der Waals surface area (Å²) in [6, 6.07) is 0.133. The predicted molar refractivity (Wildman–Crippen MR) is 65.1 cm³/mol. The Hall–Kier alpha value is -0.510. The lowest BCUT2D eigenvalue weighted by Gasteiger charge is -2.16. The second-order valence-corrected chi connectivity index (χ2v) is 5.99. The van der Waals surface area contributed by atoms with Crippen LogP contribution in [0.3, 0.4) is 0 Å². The number of carbonyl (C=O) groups is 2. The molecule has 1 atom stereocenters. The van der Waals surface area contributed by atoms with Crippen LogP contribution in [0.1, 0.15) is 41.0 Å². The molecule has 0 radical (unpaired) electrons. The van der Waals surface area contributed by atoms with Gasteiger partial charge in [0.05, 0.1) is 5.25 Å². The van der Waals surface area contributed by atoms with Crippen LogP contribution in [0.15, 0.2) is 0 Å². The van der Waals surface area contributed by atoms with Crippen molar-refractivity contribution in [1.82, 2.24) is 5.32 Å². The van der Waals surface area contributed by atoms with Gasteiger partial charge in [0.15, 0.2) is 0 Å². The van der Waals surface area contributed by atoms with Crippen LogP contribution in [0.2, 0.25) is 0 Å². The van der Waals surface area contributed by atoms with Crippen LogP contribution < -0.4 is 5.32 Å². The molecule has 0 rings (SSSR count). The molecule has 0 aromatic rings. The van der Waals surface area contributed by atoms with Gasteiger partial charge in [-0.25, -0.2) is 0 Å². The Kier molecular flexibility index (Phi) is 6.65. The molecule has 0 aliphatic heterocycles. The van der Waals surface area contributed by atoms with Crippen molar-refractivity contribution in [3.63, 3.8) is 0 Å². The average Bonchev–Trinajstić information content (AvgIpc) is 1.99. The number of carbonyl (C=O) groups excluding carboxylic acids is 2. The maximum absolute atomic E-state index is 11.5. The first-order chi connectivity index (χ1) is 6.82. The maximum atomic E-state index is 11.5. The van der Waals surface area contributed by atoms with Gasteiger partial charge in [0, 0.05) is 12.5 Å². The summed E-state index contributed by atoms with van der Waals surface area (Å²) in [6.07, 6.45) is 0.288. The second kappa shape index (κ2) is 6.88. The van der Waals surface area contributed by atoms with Crippen molar-refractivity contribution in [3.05, 3.63) is 0 Å². The molecule has 3 nitrogen and oxygen atoms in total. The third kappa shape index (κ3) is 7.42. The van der Waals surface area contributed by atoms with Gasteiger partial charge in [0.1, 0.15) is 5.78 Å². The third-order valence-corrected chi connectivity index (χ3v) is 3.08. The lowest BCUT2D eigenvalue weighted by molar-refractivity contribution is -0.124. The highest BCUT2D eigenvalue weighted by atomic mass is 32.2. The zero-order valence-electron chi connectivity index (χ0n) is 10.2. The van der Waals surface area contributed by atoms with E-state index in [2.05, 4.69) is 5.32 Å². The molecule has 0 aromatic heterocycles. The Morgan fingerprint density at radius 1 is 1.20 bits per heavy atom.